The van der Waals surface area contributed by atoms with Crippen LogP contribution in [0.5, 0.6) is 0 Å². The lowest BCUT2D eigenvalue weighted by molar-refractivity contribution is 0.289. The Morgan fingerprint density at radius 2 is 2.23 bits per heavy atom. The molecule has 13 heavy (non-hydrogen) atoms. The number of rotatable bonds is 1. The molecule has 1 aliphatic rings. The molecule has 2 rings (SSSR count). The molecule has 3 heteroatoms. The lowest BCUT2D eigenvalue weighted by Crippen LogP contribution is -2.21. The maximum Gasteiger partial charge on any atom is 0.0948 e. The van der Waals surface area contributed by atoms with E-state index < -0.39 is 0 Å². The van der Waals surface area contributed by atoms with Crippen LogP contribution in [0.25, 0.3) is 0 Å². The summed E-state index contributed by atoms with van der Waals surface area (Å²) in [6, 6.07) is 2.76. The Morgan fingerprint density at radius 3 is 2.92 bits per heavy atom. The molecule has 0 aliphatic heterocycles. The van der Waals surface area contributed by atoms with Crippen LogP contribution < -0.4 is 0 Å². The Labute approximate surface area is 78.0 Å². The van der Waals surface area contributed by atoms with Crippen molar-refractivity contribution in [2.24, 2.45) is 5.92 Å². The van der Waals surface area contributed by atoms with Gasteiger partial charge in [0.05, 0.1) is 24.4 Å². The van der Waals surface area contributed by atoms with Crippen LogP contribution >= 0.6 is 0 Å². The Morgan fingerprint density at radius 1 is 1.38 bits per heavy atom. The van der Waals surface area contributed by atoms with E-state index in [4.69, 9.17) is 5.26 Å². The monoisotopic (exact) mass is 175 g/mol. The summed E-state index contributed by atoms with van der Waals surface area (Å²) in [5, 5.41) is 8.98. The Balaban J connectivity index is 2.17. The van der Waals surface area contributed by atoms with E-state index >= 15 is 0 Å². The minimum Gasteiger partial charge on any atom is -0.333 e. The number of aromatic nitrogens is 2. The summed E-state index contributed by atoms with van der Waals surface area (Å²) in [4.78, 5) is 4.02. The van der Waals surface area contributed by atoms with Crippen LogP contribution in [-0.2, 0) is 0 Å². The first-order chi connectivity index (χ1) is 6.42. The molecule has 0 N–H and O–H groups in total. The molecule has 1 aromatic rings. The van der Waals surface area contributed by atoms with Gasteiger partial charge < -0.3 is 4.57 Å². The summed E-state index contributed by atoms with van der Waals surface area (Å²) in [7, 11) is 0. The molecular weight excluding hydrogens is 162 g/mol. The molecule has 1 aliphatic carbocycles. The second-order valence-electron chi connectivity index (χ2n) is 3.60. The van der Waals surface area contributed by atoms with Gasteiger partial charge in [0.25, 0.3) is 0 Å². The molecule has 2 atom stereocenters. The fraction of sp³-hybridized carbons (Fsp3) is 0.600. The number of imidazole rings is 1. The minimum absolute atomic E-state index is 0.183. The zero-order valence-electron chi connectivity index (χ0n) is 7.56. The molecule has 1 heterocycles. The van der Waals surface area contributed by atoms with E-state index in [9.17, 15) is 0 Å². The van der Waals surface area contributed by atoms with Crippen LogP contribution in [0.15, 0.2) is 18.7 Å². The van der Waals surface area contributed by atoms with Crippen molar-refractivity contribution in [2.45, 2.75) is 31.7 Å². The molecule has 0 bridgehead atoms. The van der Waals surface area contributed by atoms with Crippen molar-refractivity contribution in [1.82, 2.24) is 9.55 Å². The number of hydrogen-bond acceptors (Lipinski definition) is 2. The second kappa shape index (κ2) is 3.61. The highest BCUT2D eigenvalue weighted by molar-refractivity contribution is 4.95. The van der Waals surface area contributed by atoms with Crippen LogP contribution in [0.3, 0.4) is 0 Å². The van der Waals surface area contributed by atoms with Crippen LogP contribution in [0.2, 0.25) is 0 Å². The smallest absolute Gasteiger partial charge is 0.0948 e. The molecule has 0 spiro atoms. The van der Waals surface area contributed by atoms with Crippen molar-refractivity contribution >= 4 is 0 Å². The normalized spacial score (nSPS) is 28.2. The summed E-state index contributed by atoms with van der Waals surface area (Å²) in [6.07, 6.45) is 10.2. The van der Waals surface area contributed by atoms with E-state index in [2.05, 4.69) is 15.6 Å². The van der Waals surface area contributed by atoms with E-state index in [1.165, 1.54) is 12.8 Å². The summed E-state index contributed by atoms with van der Waals surface area (Å²) >= 11 is 0. The number of nitriles is 1. The summed E-state index contributed by atoms with van der Waals surface area (Å²) in [5.74, 6) is 0.183. The molecule has 1 aromatic heterocycles. The van der Waals surface area contributed by atoms with Crippen molar-refractivity contribution in [3.63, 3.8) is 0 Å². The van der Waals surface area contributed by atoms with Crippen molar-refractivity contribution in [2.75, 3.05) is 0 Å². The van der Waals surface area contributed by atoms with Gasteiger partial charge in [0.2, 0.25) is 0 Å². The summed E-state index contributed by atoms with van der Waals surface area (Å²) < 4.78 is 2.08. The predicted molar refractivity (Wildman–Crippen MR) is 48.8 cm³/mol. The van der Waals surface area contributed by atoms with Gasteiger partial charge in [-0.15, -0.1) is 0 Å². The minimum atomic E-state index is 0.183. The van der Waals surface area contributed by atoms with Gasteiger partial charge in [0, 0.05) is 12.4 Å². The zero-order chi connectivity index (χ0) is 9.10. The van der Waals surface area contributed by atoms with Crippen LogP contribution in [0, 0.1) is 17.2 Å². The van der Waals surface area contributed by atoms with E-state index in [-0.39, 0.29) is 5.92 Å². The third kappa shape index (κ3) is 1.57. The van der Waals surface area contributed by atoms with Crippen LogP contribution in [-0.4, -0.2) is 9.55 Å². The molecule has 68 valence electrons. The van der Waals surface area contributed by atoms with E-state index in [1.54, 1.807) is 6.20 Å². The van der Waals surface area contributed by atoms with Gasteiger partial charge >= 0.3 is 0 Å². The first-order valence-corrected chi connectivity index (χ1v) is 4.79. The Kier molecular flexibility index (Phi) is 2.31. The van der Waals surface area contributed by atoms with Gasteiger partial charge in [-0.1, -0.05) is 12.8 Å². The summed E-state index contributed by atoms with van der Waals surface area (Å²) in [6.45, 7) is 0. The molecule has 0 saturated heterocycles. The van der Waals surface area contributed by atoms with Gasteiger partial charge in [-0.2, -0.15) is 5.26 Å². The maximum atomic E-state index is 8.98. The largest absolute Gasteiger partial charge is 0.333 e. The molecule has 2 unspecified atom stereocenters. The molecule has 3 nitrogen and oxygen atoms in total. The quantitative estimate of drug-likeness (QED) is 0.656. The first-order valence-electron chi connectivity index (χ1n) is 4.79. The van der Waals surface area contributed by atoms with E-state index in [0.717, 1.165) is 12.8 Å². The highest BCUT2D eigenvalue weighted by Crippen LogP contribution is 2.32. The van der Waals surface area contributed by atoms with E-state index in [0.29, 0.717) is 6.04 Å². The standard InChI is InChI=1S/C10H13N3/c11-7-9-3-1-2-4-10(9)13-6-5-12-8-13/h5-6,8-10H,1-4H2. The highest BCUT2D eigenvalue weighted by Gasteiger charge is 2.25. The van der Waals surface area contributed by atoms with Crippen molar-refractivity contribution in [3.05, 3.63) is 18.7 Å². The second-order valence-corrected chi connectivity index (χ2v) is 3.60. The van der Waals surface area contributed by atoms with Gasteiger partial charge in [-0.3, -0.25) is 0 Å². The highest BCUT2D eigenvalue weighted by atomic mass is 15.1. The fourth-order valence-electron chi connectivity index (χ4n) is 2.08. The molecule has 0 aromatic carbocycles. The topological polar surface area (TPSA) is 41.6 Å². The molecule has 0 radical (unpaired) electrons. The fourth-order valence-corrected chi connectivity index (χ4v) is 2.08. The lowest BCUT2D eigenvalue weighted by atomic mass is 9.85. The Bertz CT molecular complexity index is 296. The average molecular weight is 175 g/mol. The van der Waals surface area contributed by atoms with Crippen molar-refractivity contribution in [1.29, 1.82) is 5.26 Å². The SMILES string of the molecule is N#CC1CCCCC1n1ccnc1. The van der Waals surface area contributed by atoms with Gasteiger partial charge in [-0.25, -0.2) is 4.98 Å². The van der Waals surface area contributed by atoms with Gasteiger partial charge in [0.1, 0.15) is 0 Å². The van der Waals surface area contributed by atoms with Crippen molar-refractivity contribution < 1.29 is 0 Å². The lowest BCUT2D eigenvalue weighted by Gasteiger charge is -2.27. The first kappa shape index (κ1) is 8.31. The maximum absolute atomic E-state index is 8.98. The van der Waals surface area contributed by atoms with E-state index in [1.807, 2.05) is 12.5 Å². The molecular formula is C10H13N3. The predicted octanol–water partition coefficient (Wildman–Crippen LogP) is 2.14. The zero-order valence-corrected chi connectivity index (χ0v) is 7.56. The van der Waals surface area contributed by atoms with Crippen molar-refractivity contribution in [3.8, 4) is 6.07 Å². The average Bonchev–Trinajstić information content (AvgIpc) is 2.70. The third-order valence-corrected chi connectivity index (χ3v) is 2.80. The third-order valence-electron chi connectivity index (χ3n) is 2.80. The van der Waals surface area contributed by atoms with Crippen LogP contribution in [0.4, 0.5) is 0 Å². The number of nitrogens with zero attached hydrogens (tertiary/aromatic N) is 3. The van der Waals surface area contributed by atoms with Crippen LogP contribution in [0.1, 0.15) is 31.7 Å². The molecule has 1 fully saturated rings. The number of hydrogen-bond donors (Lipinski definition) is 0. The van der Waals surface area contributed by atoms with Gasteiger partial charge in [-0.05, 0) is 12.8 Å². The molecule has 1 saturated carbocycles. The summed E-state index contributed by atoms with van der Waals surface area (Å²) in [5.41, 5.74) is 0. The van der Waals surface area contributed by atoms with Gasteiger partial charge in [0.15, 0.2) is 0 Å². The molecule has 0 amide bonds. The Hall–Kier alpha value is -1.30.